The molecule has 0 saturated carbocycles. The third kappa shape index (κ3) is 3.45. The molecule has 2 aromatic carbocycles. The SMILES string of the molecule is Cc1ccc2c(c1)C=CC(C)(C(=O)NCCc1ccccc1)O2. The van der Waals surface area contributed by atoms with Gasteiger partial charge in [0.1, 0.15) is 5.75 Å². The Labute approximate surface area is 137 Å². The van der Waals surface area contributed by atoms with Gasteiger partial charge in [-0.2, -0.15) is 0 Å². The molecule has 1 aliphatic heterocycles. The summed E-state index contributed by atoms with van der Waals surface area (Å²) < 4.78 is 5.94. The molecule has 0 saturated heterocycles. The lowest BCUT2D eigenvalue weighted by Gasteiger charge is -2.30. The number of nitrogens with one attached hydrogen (secondary N) is 1. The van der Waals surface area contributed by atoms with Crippen LogP contribution in [0.1, 0.15) is 23.6 Å². The molecule has 1 N–H and O–H groups in total. The fourth-order valence-corrected chi connectivity index (χ4v) is 2.66. The highest BCUT2D eigenvalue weighted by Crippen LogP contribution is 2.31. The molecule has 0 bridgehead atoms. The summed E-state index contributed by atoms with van der Waals surface area (Å²) in [7, 11) is 0. The summed E-state index contributed by atoms with van der Waals surface area (Å²) in [5.74, 6) is 0.634. The molecular weight excluding hydrogens is 286 g/mol. The fourth-order valence-electron chi connectivity index (χ4n) is 2.66. The van der Waals surface area contributed by atoms with Crippen molar-refractivity contribution in [2.45, 2.75) is 25.9 Å². The number of amides is 1. The average Bonchev–Trinajstić information content (AvgIpc) is 2.56. The summed E-state index contributed by atoms with van der Waals surface area (Å²) in [6.07, 6.45) is 4.59. The lowest BCUT2D eigenvalue weighted by molar-refractivity contribution is -0.132. The molecule has 1 aliphatic rings. The van der Waals surface area contributed by atoms with Gasteiger partial charge in [-0.1, -0.05) is 48.0 Å². The molecule has 0 aliphatic carbocycles. The smallest absolute Gasteiger partial charge is 0.268 e. The Kier molecular flexibility index (Phi) is 4.20. The van der Waals surface area contributed by atoms with E-state index in [2.05, 4.69) is 23.5 Å². The molecule has 3 heteroatoms. The maximum absolute atomic E-state index is 12.5. The summed E-state index contributed by atoms with van der Waals surface area (Å²) in [5, 5.41) is 2.97. The zero-order chi connectivity index (χ0) is 16.3. The van der Waals surface area contributed by atoms with E-state index in [4.69, 9.17) is 4.74 Å². The molecule has 118 valence electrons. The first-order valence-corrected chi connectivity index (χ1v) is 7.88. The number of hydrogen-bond donors (Lipinski definition) is 1. The predicted molar refractivity (Wildman–Crippen MR) is 92.4 cm³/mol. The molecule has 23 heavy (non-hydrogen) atoms. The quantitative estimate of drug-likeness (QED) is 0.938. The highest BCUT2D eigenvalue weighted by molar-refractivity contribution is 5.89. The van der Waals surface area contributed by atoms with Crippen molar-refractivity contribution in [3.63, 3.8) is 0 Å². The normalized spacial score (nSPS) is 18.9. The number of aryl methyl sites for hydroxylation is 1. The fraction of sp³-hybridized carbons (Fsp3) is 0.250. The van der Waals surface area contributed by atoms with Crippen molar-refractivity contribution in [1.82, 2.24) is 5.32 Å². The molecule has 0 radical (unpaired) electrons. The van der Waals surface area contributed by atoms with Gasteiger partial charge in [-0.05, 0) is 44.0 Å². The van der Waals surface area contributed by atoms with Crippen LogP contribution in [0.3, 0.4) is 0 Å². The first kappa shape index (κ1) is 15.3. The Morgan fingerprint density at radius 3 is 2.74 bits per heavy atom. The van der Waals surface area contributed by atoms with E-state index in [1.165, 1.54) is 11.1 Å². The largest absolute Gasteiger partial charge is 0.473 e. The average molecular weight is 307 g/mol. The van der Waals surface area contributed by atoms with Crippen LogP contribution in [0, 0.1) is 6.92 Å². The van der Waals surface area contributed by atoms with Crippen LogP contribution >= 0.6 is 0 Å². The number of benzene rings is 2. The molecule has 2 aromatic rings. The first-order valence-electron chi connectivity index (χ1n) is 7.88. The number of hydrogen-bond acceptors (Lipinski definition) is 2. The van der Waals surface area contributed by atoms with Crippen molar-refractivity contribution in [3.8, 4) is 5.75 Å². The van der Waals surface area contributed by atoms with E-state index in [1.54, 1.807) is 6.92 Å². The number of ether oxygens (including phenoxy) is 1. The van der Waals surface area contributed by atoms with E-state index < -0.39 is 5.60 Å². The van der Waals surface area contributed by atoms with Crippen molar-refractivity contribution >= 4 is 12.0 Å². The van der Waals surface area contributed by atoms with Crippen molar-refractivity contribution < 1.29 is 9.53 Å². The maximum atomic E-state index is 12.5. The van der Waals surface area contributed by atoms with Crippen molar-refractivity contribution in [2.24, 2.45) is 0 Å². The molecule has 1 amide bonds. The molecule has 3 rings (SSSR count). The van der Waals surface area contributed by atoms with Gasteiger partial charge in [0, 0.05) is 12.1 Å². The summed E-state index contributed by atoms with van der Waals surface area (Å²) in [6.45, 7) is 4.43. The van der Waals surface area contributed by atoms with Gasteiger partial charge in [-0.25, -0.2) is 0 Å². The van der Waals surface area contributed by atoms with Crippen molar-refractivity contribution in [3.05, 3.63) is 71.3 Å². The molecule has 1 heterocycles. The van der Waals surface area contributed by atoms with Gasteiger partial charge in [0.2, 0.25) is 5.60 Å². The predicted octanol–water partition coefficient (Wildman–Crippen LogP) is 3.52. The van der Waals surface area contributed by atoms with E-state index in [1.807, 2.05) is 49.4 Å². The zero-order valence-corrected chi connectivity index (χ0v) is 13.5. The van der Waals surface area contributed by atoms with Gasteiger partial charge in [0.05, 0.1) is 0 Å². The van der Waals surface area contributed by atoms with E-state index in [0.717, 1.165) is 17.7 Å². The Morgan fingerprint density at radius 1 is 1.17 bits per heavy atom. The monoisotopic (exact) mass is 307 g/mol. The van der Waals surface area contributed by atoms with Crippen LogP contribution in [0.15, 0.2) is 54.6 Å². The third-order valence-corrected chi connectivity index (χ3v) is 4.06. The summed E-state index contributed by atoms with van der Waals surface area (Å²) in [6, 6.07) is 16.1. The third-order valence-electron chi connectivity index (χ3n) is 4.06. The van der Waals surface area contributed by atoms with Crippen LogP contribution < -0.4 is 10.1 Å². The summed E-state index contributed by atoms with van der Waals surface area (Å²) >= 11 is 0. The van der Waals surface area contributed by atoms with E-state index in [9.17, 15) is 4.79 Å². The lowest BCUT2D eigenvalue weighted by Crippen LogP contribution is -2.48. The van der Waals surface area contributed by atoms with E-state index >= 15 is 0 Å². The molecule has 0 fully saturated rings. The van der Waals surface area contributed by atoms with Gasteiger partial charge in [0.15, 0.2) is 0 Å². The molecule has 3 nitrogen and oxygen atoms in total. The van der Waals surface area contributed by atoms with E-state index in [-0.39, 0.29) is 5.91 Å². The summed E-state index contributed by atoms with van der Waals surface area (Å²) in [5.41, 5.74) is 2.44. The Balaban J connectivity index is 1.62. The van der Waals surface area contributed by atoms with Gasteiger partial charge < -0.3 is 10.1 Å². The Bertz CT molecular complexity index is 737. The highest BCUT2D eigenvalue weighted by Gasteiger charge is 2.35. The van der Waals surface area contributed by atoms with Crippen molar-refractivity contribution in [2.75, 3.05) is 6.54 Å². The standard InChI is InChI=1S/C20H21NO2/c1-15-8-9-18-17(14-15)10-12-20(2,23-18)19(22)21-13-11-16-6-4-3-5-7-16/h3-10,12,14H,11,13H2,1-2H3,(H,21,22). The second-order valence-electron chi connectivity index (χ2n) is 6.08. The first-order chi connectivity index (χ1) is 11.1. The van der Waals surface area contributed by atoms with Crippen LogP contribution in [0.2, 0.25) is 0 Å². The van der Waals surface area contributed by atoms with Crippen LogP contribution in [0.4, 0.5) is 0 Å². The Hall–Kier alpha value is -2.55. The number of rotatable bonds is 4. The summed E-state index contributed by atoms with van der Waals surface area (Å²) in [4.78, 5) is 12.5. The van der Waals surface area contributed by atoms with Crippen molar-refractivity contribution in [1.29, 1.82) is 0 Å². The minimum atomic E-state index is -0.959. The van der Waals surface area contributed by atoms with Gasteiger partial charge in [0.25, 0.3) is 5.91 Å². The molecule has 1 unspecified atom stereocenters. The molecular formula is C20H21NO2. The lowest BCUT2D eigenvalue weighted by atomic mass is 9.98. The van der Waals surface area contributed by atoms with Crippen LogP contribution in [-0.2, 0) is 11.2 Å². The number of fused-ring (bicyclic) bond motifs is 1. The number of carbonyl (C=O) groups excluding carboxylic acids is 1. The maximum Gasteiger partial charge on any atom is 0.268 e. The van der Waals surface area contributed by atoms with Gasteiger partial charge in [-0.3, -0.25) is 4.79 Å². The highest BCUT2D eigenvalue weighted by atomic mass is 16.5. The topological polar surface area (TPSA) is 38.3 Å². The zero-order valence-electron chi connectivity index (χ0n) is 13.5. The van der Waals surface area contributed by atoms with Crippen LogP contribution in [-0.4, -0.2) is 18.1 Å². The van der Waals surface area contributed by atoms with Crippen LogP contribution in [0.25, 0.3) is 6.08 Å². The Morgan fingerprint density at radius 2 is 1.96 bits per heavy atom. The second kappa shape index (κ2) is 6.29. The van der Waals surface area contributed by atoms with Gasteiger partial charge >= 0.3 is 0 Å². The minimum Gasteiger partial charge on any atom is -0.473 e. The van der Waals surface area contributed by atoms with Crippen LogP contribution in [0.5, 0.6) is 5.75 Å². The molecule has 0 spiro atoms. The van der Waals surface area contributed by atoms with E-state index in [0.29, 0.717) is 6.54 Å². The van der Waals surface area contributed by atoms with Gasteiger partial charge in [-0.15, -0.1) is 0 Å². The second-order valence-corrected chi connectivity index (χ2v) is 6.08. The number of carbonyl (C=O) groups is 1. The molecule has 0 aromatic heterocycles. The minimum absolute atomic E-state index is 0.115. The molecule has 1 atom stereocenters.